The molecule has 1 N–H and O–H groups in total. The molecular formula is C29H38O4. The number of unbranched alkanes of at least 4 members (excludes halogenated alkanes) is 1. The third-order valence-electron chi connectivity index (χ3n) is 6.72. The zero-order chi connectivity index (χ0) is 23.8. The summed E-state index contributed by atoms with van der Waals surface area (Å²) in [5.74, 6) is 0.734. The van der Waals surface area contributed by atoms with Crippen molar-refractivity contribution in [2.24, 2.45) is 11.3 Å². The Balaban J connectivity index is 1.52. The zero-order valence-corrected chi connectivity index (χ0v) is 20.5. The molecular weight excluding hydrogens is 412 g/mol. The number of aliphatic hydroxyl groups excluding tert-OH is 1. The molecule has 3 rings (SSSR count). The lowest BCUT2D eigenvalue weighted by molar-refractivity contribution is -0.156. The van der Waals surface area contributed by atoms with Crippen molar-refractivity contribution < 1.29 is 19.1 Å². The van der Waals surface area contributed by atoms with Gasteiger partial charge in [-0.3, -0.25) is 4.79 Å². The summed E-state index contributed by atoms with van der Waals surface area (Å²) in [5.41, 5.74) is 4.16. The van der Waals surface area contributed by atoms with Gasteiger partial charge in [0.1, 0.15) is 11.3 Å². The number of benzene rings is 2. The van der Waals surface area contributed by atoms with Gasteiger partial charge < -0.3 is 14.3 Å². The second-order valence-electron chi connectivity index (χ2n) is 9.62. The highest BCUT2D eigenvalue weighted by Gasteiger charge is 2.27. The van der Waals surface area contributed by atoms with E-state index in [0.717, 1.165) is 60.8 Å². The highest BCUT2D eigenvalue weighted by atomic mass is 16.5. The Morgan fingerprint density at radius 2 is 1.88 bits per heavy atom. The molecule has 4 heteroatoms. The molecule has 0 saturated heterocycles. The molecule has 0 radical (unpaired) electrons. The fraction of sp³-hybridized carbons (Fsp3) is 0.483. The number of aryl methyl sites for hydroxylation is 2. The lowest BCUT2D eigenvalue weighted by Gasteiger charge is -2.22. The first-order chi connectivity index (χ1) is 15.9. The third kappa shape index (κ3) is 6.48. The summed E-state index contributed by atoms with van der Waals surface area (Å²) in [6.07, 6.45) is 5.51. The molecule has 4 nitrogen and oxygen atoms in total. The van der Waals surface area contributed by atoms with Crippen LogP contribution < -0.4 is 0 Å². The number of esters is 1. The first-order valence-electron chi connectivity index (χ1n) is 12.3. The van der Waals surface area contributed by atoms with E-state index in [0.29, 0.717) is 6.61 Å². The number of hydrogen-bond donors (Lipinski definition) is 1. The van der Waals surface area contributed by atoms with Crippen LogP contribution in [0.25, 0.3) is 22.3 Å². The molecule has 1 heterocycles. The van der Waals surface area contributed by atoms with Crippen molar-refractivity contribution in [1.82, 2.24) is 0 Å². The van der Waals surface area contributed by atoms with E-state index in [1.807, 2.05) is 20.8 Å². The van der Waals surface area contributed by atoms with E-state index in [4.69, 9.17) is 9.15 Å². The van der Waals surface area contributed by atoms with Crippen LogP contribution in [-0.4, -0.2) is 24.3 Å². The Kier molecular flexibility index (Phi) is 8.74. The molecule has 178 valence electrons. The minimum Gasteiger partial charge on any atom is -0.465 e. The molecule has 1 atom stereocenters. The van der Waals surface area contributed by atoms with Gasteiger partial charge in [0.2, 0.25) is 0 Å². The molecule has 0 spiro atoms. The van der Waals surface area contributed by atoms with Gasteiger partial charge >= 0.3 is 5.97 Å². The van der Waals surface area contributed by atoms with Crippen LogP contribution in [0.3, 0.4) is 0 Å². The maximum atomic E-state index is 12.2. The lowest BCUT2D eigenvalue weighted by Crippen LogP contribution is -2.28. The van der Waals surface area contributed by atoms with Gasteiger partial charge in [0, 0.05) is 23.5 Å². The summed E-state index contributed by atoms with van der Waals surface area (Å²) >= 11 is 0. The number of hydrogen-bond acceptors (Lipinski definition) is 4. The largest absolute Gasteiger partial charge is 0.465 e. The number of aliphatic hydroxyl groups is 1. The van der Waals surface area contributed by atoms with E-state index in [-0.39, 0.29) is 18.5 Å². The molecule has 0 amide bonds. The summed E-state index contributed by atoms with van der Waals surface area (Å²) in [4.78, 5) is 12.2. The lowest BCUT2D eigenvalue weighted by atomic mass is 9.90. The van der Waals surface area contributed by atoms with E-state index in [1.54, 1.807) is 0 Å². The first kappa shape index (κ1) is 25.0. The topological polar surface area (TPSA) is 59.7 Å². The molecule has 0 aliphatic rings. The van der Waals surface area contributed by atoms with Gasteiger partial charge in [-0.2, -0.15) is 0 Å². The minimum absolute atomic E-state index is 0.00430. The predicted molar refractivity (Wildman–Crippen MR) is 134 cm³/mol. The van der Waals surface area contributed by atoms with E-state index in [2.05, 4.69) is 55.5 Å². The molecule has 1 aromatic heterocycles. The molecule has 0 aliphatic carbocycles. The molecule has 2 aromatic carbocycles. The second-order valence-corrected chi connectivity index (χ2v) is 9.62. The number of rotatable bonds is 12. The van der Waals surface area contributed by atoms with Crippen molar-refractivity contribution in [1.29, 1.82) is 0 Å². The zero-order valence-electron chi connectivity index (χ0n) is 20.5. The SMILES string of the molecule is CCc1ccccc1-c1cc2ccc(CCCCC(CO)COC(=O)C(C)(C)CC)cc2o1. The molecule has 3 aromatic rings. The van der Waals surface area contributed by atoms with Crippen LogP contribution in [0.5, 0.6) is 0 Å². The molecule has 0 fully saturated rings. The Labute approximate surface area is 198 Å². The van der Waals surface area contributed by atoms with Crippen molar-refractivity contribution >= 4 is 16.9 Å². The number of carbonyl (C=O) groups excluding carboxylic acids is 1. The summed E-state index contributed by atoms with van der Waals surface area (Å²) in [5, 5.41) is 10.8. The number of fused-ring (bicyclic) bond motifs is 1. The molecule has 1 unspecified atom stereocenters. The van der Waals surface area contributed by atoms with Crippen molar-refractivity contribution in [2.75, 3.05) is 13.2 Å². The Bertz CT molecular complexity index is 1050. The van der Waals surface area contributed by atoms with E-state index in [9.17, 15) is 9.90 Å². The normalized spacial score (nSPS) is 12.8. The van der Waals surface area contributed by atoms with Crippen LogP contribution in [0.2, 0.25) is 0 Å². The van der Waals surface area contributed by atoms with Crippen molar-refractivity contribution in [3.05, 3.63) is 59.7 Å². The quantitative estimate of drug-likeness (QED) is 0.239. The minimum atomic E-state index is -0.469. The van der Waals surface area contributed by atoms with Crippen LogP contribution in [0.15, 0.2) is 52.9 Å². The predicted octanol–water partition coefficient (Wildman–Crippen LogP) is 6.96. The van der Waals surface area contributed by atoms with E-state index in [1.165, 1.54) is 11.1 Å². The van der Waals surface area contributed by atoms with Gasteiger partial charge in [-0.1, -0.05) is 56.7 Å². The van der Waals surface area contributed by atoms with Gasteiger partial charge in [0.25, 0.3) is 0 Å². The summed E-state index contributed by atoms with van der Waals surface area (Å²) in [7, 11) is 0. The van der Waals surface area contributed by atoms with E-state index >= 15 is 0 Å². The number of furan rings is 1. The Morgan fingerprint density at radius 3 is 2.61 bits per heavy atom. The van der Waals surface area contributed by atoms with E-state index < -0.39 is 5.41 Å². The van der Waals surface area contributed by atoms with Gasteiger partial charge in [-0.25, -0.2) is 0 Å². The molecule has 0 bridgehead atoms. The fourth-order valence-electron chi connectivity index (χ4n) is 3.96. The summed E-state index contributed by atoms with van der Waals surface area (Å²) in [6.45, 7) is 8.27. The first-order valence-corrected chi connectivity index (χ1v) is 12.3. The van der Waals surface area contributed by atoms with Crippen LogP contribution >= 0.6 is 0 Å². The van der Waals surface area contributed by atoms with Crippen LogP contribution in [0, 0.1) is 11.3 Å². The highest BCUT2D eigenvalue weighted by Crippen LogP contribution is 2.31. The average molecular weight is 451 g/mol. The van der Waals surface area contributed by atoms with Crippen LogP contribution in [-0.2, 0) is 22.4 Å². The fourth-order valence-corrected chi connectivity index (χ4v) is 3.96. The van der Waals surface area contributed by atoms with Crippen LogP contribution in [0.1, 0.15) is 64.5 Å². The van der Waals surface area contributed by atoms with Gasteiger partial charge in [-0.15, -0.1) is 0 Å². The second kappa shape index (κ2) is 11.5. The standard InChI is InChI=1S/C29H38O4/c1-5-23-13-9-10-14-25(23)27-18-24-16-15-21(17-26(24)33-27)11-7-8-12-22(19-30)20-32-28(31)29(3,4)6-2/h9-10,13-18,22,30H,5-8,11-12,19-20H2,1-4H3. The van der Waals surface area contributed by atoms with Crippen molar-refractivity contribution in [3.8, 4) is 11.3 Å². The molecule has 0 saturated carbocycles. The van der Waals surface area contributed by atoms with Crippen LogP contribution in [0.4, 0.5) is 0 Å². The maximum absolute atomic E-state index is 12.2. The Morgan fingerprint density at radius 1 is 1.09 bits per heavy atom. The molecule has 33 heavy (non-hydrogen) atoms. The highest BCUT2D eigenvalue weighted by molar-refractivity contribution is 5.84. The Hall–Kier alpha value is -2.59. The van der Waals surface area contributed by atoms with Crippen molar-refractivity contribution in [2.45, 2.75) is 66.2 Å². The summed E-state index contributed by atoms with van der Waals surface area (Å²) in [6, 6.07) is 17.0. The smallest absolute Gasteiger partial charge is 0.311 e. The number of ether oxygens (including phenoxy) is 1. The van der Waals surface area contributed by atoms with Crippen molar-refractivity contribution in [3.63, 3.8) is 0 Å². The number of carbonyl (C=O) groups is 1. The van der Waals surface area contributed by atoms with Gasteiger partial charge in [0.15, 0.2) is 0 Å². The monoisotopic (exact) mass is 450 g/mol. The summed E-state index contributed by atoms with van der Waals surface area (Å²) < 4.78 is 11.7. The third-order valence-corrected chi connectivity index (χ3v) is 6.72. The average Bonchev–Trinajstić information content (AvgIpc) is 3.26. The van der Waals surface area contributed by atoms with Gasteiger partial charge in [-0.05, 0) is 69.2 Å². The van der Waals surface area contributed by atoms with Gasteiger partial charge in [0.05, 0.1) is 12.0 Å². The molecule has 0 aliphatic heterocycles. The maximum Gasteiger partial charge on any atom is 0.311 e.